The highest BCUT2D eigenvalue weighted by atomic mass is 32.2. The number of rotatable bonds is 5. The third-order valence-corrected chi connectivity index (χ3v) is 6.53. The first-order valence-electron chi connectivity index (χ1n) is 10.3. The SMILES string of the molecule is Cc1noc(C)c1CSc1ncccc1C(=O)N1CCN(C(=O)c2ccccc2F)CC1. The van der Waals surface area contributed by atoms with Crippen LogP contribution in [0.2, 0.25) is 0 Å². The van der Waals surface area contributed by atoms with E-state index in [0.29, 0.717) is 42.5 Å². The fraction of sp³-hybridized carbons (Fsp3) is 0.304. The fourth-order valence-corrected chi connectivity index (χ4v) is 4.74. The van der Waals surface area contributed by atoms with Crippen molar-refractivity contribution in [3.63, 3.8) is 0 Å². The zero-order valence-corrected chi connectivity index (χ0v) is 18.7. The first-order chi connectivity index (χ1) is 15.5. The van der Waals surface area contributed by atoms with Crippen LogP contribution in [0.3, 0.4) is 0 Å². The van der Waals surface area contributed by atoms with Crippen LogP contribution in [0, 0.1) is 19.7 Å². The maximum Gasteiger partial charge on any atom is 0.256 e. The summed E-state index contributed by atoms with van der Waals surface area (Å²) in [4.78, 5) is 33.5. The molecule has 1 aliphatic heterocycles. The number of benzene rings is 1. The van der Waals surface area contributed by atoms with Crippen LogP contribution in [0.5, 0.6) is 0 Å². The predicted octanol–water partition coefficient (Wildman–Crippen LogP) is 3.72. The molecule has 7 nitrogen and oxygen atoms in total. The van der Waals surface area contributed by atoms with Gasteiger partial charge in [0.15, 0.2) is 0 Å². The van der Waals surface area contributed by atoms with Gasteiger partial charge in [-0.1, -0.05) is 17.3 Å². The Hall–Kier alpha value is -3.20. The fourth-order valence-electron chi connectivity index (χ4n) is 3.61. The van der Waals surface area contributed by atoms with Gasteiger partial charge >= 0.3 is 0 Å². The van der Waals surface area contributed by atoms with Crippen molar-refractivity contribution in [2.24, 2.45) is 0 Å². The summed E-state index contributed by atoms with van der Waals surface area (Å²) in [5.74, 6) is 0.342. The largest absolute Gasteiger partial charge is 0.361 e. The molecule has 1 aliphatic rings. The van der Waals surface area contributed by atoms with Gasteiger partial charge in [-0.25, -0.2) is 9.37 Å². The van der Waals surface area contributed by atoms with Crippen LogP contribution in [-0.4, -0.2) is 57.9 Å². The summed E-state index contributed by atoms with van der Waals surface area (Å²) < 4.78 is 19.2. The Morgan fingerprint density at radius 3 is 2.25 bits per heavy atom. The molecule has 0 aliphatic carbocycles. The van der Waals surface area contributed by atoms with Crippen LogP contribution in [-0.2, 0) is 5.75 Å². The average Bonchev–Trinajstić information content (AvgIpc) is 3.14. The van der Waals surface area contributed by atoms with E-state index in [0.717, 1.165) is 17.0 Å². The second-order valence-corrected chi connectivity index (χ2v) is 8.48. The molecule has 32 heavy (non-hydrogen) atoms. The number of aryl methyl sites for hydroxylation is 2. The maximum absolute atomic E-state index is 14.0. The normalized spacial score (nSPS) is 14.0. The molecule has 1 aromatic carbocycles. The van der Waals surface area contributed by atoms with Gasteiger partial charge in [0.1, 0.15) is 16.6 Å². The van der Waals surface area contributed by atoms with Crippen molar-refractivity contribution < 1.29 is 18.5 Å². The van der Waals surface area contributed by atoms with Crippen molar-refractivity contribution >= 4 is 23.6 Å². The molecule has 3 aromatic rings. The Bertz CT molecular complexity index is 1120. The number of carbonyl (C=O) groups excluding carboxylic acids is 2. The number of hydrogen-bond donors (Lipinski definition) is 0. The van der Waals surface area contributed by atoms with Gasteiger partial charge in [-0.3, -0.25) is 9.59 Å². The first-order valence-corrected chi connectivity index (χ1v) is 11.3. The van der Waals surface area contributed by atoms with E-state index in [-0.39, 0.29) is 17.4 Å². The van der Waals surface area contributed by atoms with Crippen LogP contribution >= 0.6 is 11.8 Å². The van der Waals surface area contributed by atoms with Crippen LogP contribution in [0.4, 0.5) is 4.39 Å². The molecule has 0 atom stereocenters. The number of amides is 2. The van der Waals surface area contributed by atoms with Gasteiger partial charge in [0.05, 0.1) is 16.8 Å². The van der Waals surface area contributed by atoms with E-state index in [1.54, 1.807) is 40.3 Å². The summed E-state index contributed by atoms with van der Waals surface area (Å²) in [7, 11) is 0. The quantitative estimate of drug-likeness (QED) is 0.547. The monoisotopic (exact) mass is 454 g/mol. The topological polar surface area (TPSA) is 79.5 Å². The highest BCUT2D eigenvalue weighted by Gasteiger charge is 2.28. The van der Waals surface area contributed by atoms with E-state index in [1.807, 2.05) is 13.8 Å². The number of nitrogens with zero attached hydrogens (tertiary/aromatic N) is 4. The van der Waals surface area contributed by atoms with E-state index in [1.165, 1.54) is 23.9 Å². The summed E-state index contributed by atoms with van der Waals surface area (Å²) in [6.45, 7) is 5.20. The Labute approximate surface area is 189 Å². The lowest BCUT2D eigenvalue weighted by molar-refractivity contribution is 0.0530. The number of aromatic nitrogens is 2. The van der Waals surface area contributed by atoms with E-state index >= 15 is 0 Å². The highest BCUT2D eigenvalue weighted by molar-refractivity contribution is 7.98. The molecule has 0 N–H and O–H groups in total. The van der Waals surface area contributed by atoms with Crippen LogP contribution in [0.15, 0.2) is 52.1 Å². The van der Waals surface area contributed by atoms with Gasteiger partial charge in [0.25, 0.3) is 11.8 Å². The Kier molecular flexibility index (Phi) is 6.55. The molecule has 0 spiro atoms. The van der Waals surface area contributed by atoms with Gasteiger partial charge in [-0.15, -0.1) is 11.8 Å². The molecule has 9 heteroatoms. The van der Waals surface area contributed by atoms with Crippen molar-refractivity contribution in [1.82, 2.24) is 19.9 Å². The molecule has 0 radical (unpaired) electrons. The lowest BCUT2D eigenvalue weighted by Gasteiger charge is -2.35. The molecule has 2 aromatic heterocycles. The second kappa shape index (κ2) is 9.52. The summed E-state index contributed by atoms with van der Waals surface area (Å²) in [5, 5.41) is 4.61. The highest BCUT2D eigenvalue weighted by Crippen LogP contribution is 2.28. The lowest BCUT2D eigenvalue weighted by Crippen LogP contribution is -2.50. The maximum atomic E-state index is 14.0. The molecule has 3 heterocycles. The minimum Gasteiger partial charge on any atom is -0.361 e. The van der Waals surface area contributed by atoms with Crippen molar-refractivity contribution in [2.45, 2.75) is 24.6 Å². The molecule has 1 fully saturated rings. The van der Waals surface area contributed by atoms with Crippen LogP contribution in [0.1, 0.15) is 37.7 Å². The predicted molar refractivity (Wildman–Crippen MR) is 118 cm³/mol. The third kappa shape index (κ3) is 4.52. The van der Waals surface area contributed by atoms with Gasteiger partial charge in [-0.05, 0) is 38.1 Å². The lowest BCUT2D eigenvalue weighted by atomic mass is 10.1. The van der Waals surface area contributed by atoms with Crippen molar-refractivity contribution in [2.75, 3.05) is 26.2 Å². The first kappa shape index (κ1) is 22.0. The van der Waals surface area contributed by atoms with Gasteiger partial charge in [-0.2, -0.15) is 0 Å². The summed E-state index contributed by atoms with van der Waals surface area (Å²) in [6.07, 6.45) is 1.66. The number of pyridine rings is 1. The number of hydrogen-bond acceptors (Lipinski definition) is 6. The number of thioether (sulfide) groups is 1. The summed E-state index contributed by atoms with van der Waals surface area (Å²) in [6, 6.07) is 9.45. The zero-order valence-electron chi connectivity index (χ0n) is 17.9. The molecule has 2 amide bonds. The van der Waals surface area contributed by atoms with Crippen LogP contribution in [0.25, 0.3) is 0 Å². The number of piperazine rings is 1. The van der Waals surface area contributed by atoms with Crippen LogP contribution < -0.4 is 0 Å². The zero-order chi connectivity index (χ0) is 22.7. The van der Waals surface area contributed by atoms with E-state index in [2.05, 4.69) is 10.1 Å². The van der Waals surface area contributed by atoms with Gasteiger partial charge in [0, 0.05) is 43.7 Å². The molecular weight excluding hydrogens is 431 g/mol. The van der Waals surface area contributed by atoms with E-state index < -0.39 is 5.82 Å². The van der Waals surface area contributed by atoms with Crippen molar-refractivity contribution in [1.29, 1.82) is 0 Å². The average molecular weight is 455 g/mol. The smallest absolute Gasteiger partial charge is 0.256 e. The molecule has 1 saturated heterocycles. The van der Waals surface area contributed by atoms with E-state index in [4.69, 9.17) is 4.52 Å². The van der Waals surface area contributed by atoms with Gasteiger partial charge < -0.3 is 14.3 Å². The number of carbonyl (C=O) groups is 2. The molecule has 0 saturated carbocycles. The summed E-state index contributed by atoms with van der Waals surface area (Å²) >= 11 is 1.46. The van der Waals surface area contributed by atoms with Crippen molar-refractivity contribution in [3.8, 4) is 0 Å². The Balaban J connectivity index is 1.41. The molecule has 166 valence electrons. The minimum absolute atomic E-state index is 0.0533. The van der Waals surface area contributed by atoms with Crippen molar-refractivity contribution in [3.05, 3.63) is 76.6 Å². The third-order valence-electron chi connectivity index (χ3n) is 5.49. The molecule has 0 bridgehead atoms. The summed E-state index contributed by atoms with van der Waals surface area (Å²) in [5.41, 5.74) is 2.41. The minimum atomic E-state index is -0.536. The standard InChI is InChI=1S/C23H23FN4O3S/c1-15-19(16(2)31-26-15)14-32-21-18(7-5-9-25-21)23(30)28-12-10-27(11-13-28)22(29)17-6-3-4-8-20(17)24/h3-9H,10-14H2,1-2H3. The Morgan fingerprint density at radius 2 is 1.62 bits per heavy atom. The molecule has 0 unspecified atom stereocenters. The molecule has 4 rings (SSSR count). The van der Waals surface area contributed by atoms with Gasteiger partial charge in [0.2, 0.25) is 0 Å². The number of halogens is 1. The molecular formula is C23H23FN4O3S. The Morgan fingerprint density at radius 1 is 1.00 bits per heavy atom. The second-order valence-electron chi connectivity index (χ2n) is 7.51. The van der Waals surface area contributed by atoms with E-state index in [9.17, 15) is 14.0 Å².